The van der Waals surface area contributed by atoms with Gasteiger partial charge in [0.15, 0.2) is 0 Å². The number of aliphatic hydroxyl groups excluding tert-OH is 1. The molecule has 1 aromatic rings. The summed E-state index contributed by atoms with van der Waals surface area (Å²) >= 11 is 0. The molecule has 0 saturated heterocycles. The fraction of sp³-hybridized carbons (Fsp3) is 0.500. The minimum atomic E-state index is -1.10. The van der Waals surface area contributed by atoms with Crippen molar-refractivity contribution < 1.29 is 10.2 Å². The van der Waals surface area contributed by atoms with Crippen LogP contribution in [-0.2, 0) is 0 Å². The van der Waals surface area contributed by atoms with Gasteiger partial charge in [-0.1, -0.05) is 29.3 Å². The smallest absolute Gasteiger partial charge is 0.107 e. The maximum atomic E-state index is 9.86. The number of hydrogen-bond acceptors (Lipinski definition) is 2. The molecular weight excluding hydrogens is 176 g/mol. The highest BCUT2D eigenvalue weighted by Crippen LogP contribution is 2.26. The van der Waals surface area contributed by atoms with Crippen LogP contribution in [0.4, 0.5) is 0 Å². The lowest BCUT2D eigenvalue weighted by Gasteiger charge is -2.25. The maximum Gasteiger partial charge on any atom is 0.107 e. The Morgan fingerprint density at radius 3 is 1.86 bits per heavy atom. The number of benzene rings is 1. The van der Waals surface area contributed by atoms with Crippen molar-refractivity contribution in [2.75, 3.05) is 0 Å². The summed E-state index contributed by atoms with van der Waals surface area (Å²) in [6.07, 6.45) is -0.832. The van der Waals surface area contributed by atoms with Crippen LogP contribution in [0.15, 0.2) is 18.2 Å². The first-order valence-electron chi connectivity index (χ1n) is 4.79. The first-order chi connectivity index (χ1) is 6.30. The van der Waals surface area contributed by atoms with E-state index in [0.717, 1.165) is 16.7 Å². The van der Waals surface area contributed by atoms with Gasteiger partial charge in [0.2, 0.25) is 0 Å². The predicted molar refractivity (Wildman–Crippen MR) is 57.2 cm³/mol. The largest absolute Gasteiger partial charge is 0.387 e. The van der Waals surface area contributed by atoms with Gasteiger partial charge >= 0.3 is 0 Å². The summed E-state index contributed by atoms with van der Waals surface area (Å²) in [7, 11) is 0. The quantitative estimate of drug-likeness (QED) is 0.757. The van der Waals surface area contributed by atoms with E-state index in [-0.39, 0.29) is 0 Å². The zero-order chi connectivity index (χ0) is 10.9. The third kappa shape index (κ3) is 2.56. The highest BCUT2D eigenvalue weighted by molar-refractivity contribution is 5.30. The highest BCUT2D eigenvalue weighted by Gasteiger charge is 2.26. The average Bonchev–Trinajstić information content (AvgIpc) is 1.99. The van der Waals surface area contributed by atoms with Gasteiger partial charge in [-0.25, -0.2) is 0 Å². The Morgan fingerprint density at radius 2 is 1.50 bits per heavy atom. The van der Waals surface area contributed by atoms with E-state index < -0.39 is 11.7 Å². The van der Waals surface area contributed by atoms with Crippen molar-refractivity contribution in [2.24, 2.45) is 0 Å². The van der Waals surface area contributed by atoms with Crippen molar-refractivity contribution >= 4 is 0 Å². The van der Waals surface area contributed by atoms with Gasteiger partial charge in [0.25, 0.3) is 0 Å². The molecule has 0 aromatic heterocycles. The second kappa shape index (κ2) is 3.71. The van der Waals surface area contributed by atoms with Crippen molar-refractivity contribution in [3.8, 4) is 0 Å². The average molecular weight is 194 g/mol. The van der Waals surface area contributed by atoms with Crippen molar-refractivity contribution in [1.82, 2.24) is 0 Å². The Hall–Kier alpha value is -0.860. The van der Waals surface area contributed by atoms with E-state index in [1.807, 2.05) is 32.0 Å². The summed E-state index contributed by atoms with van der Waals surface area (Å²) < 4.78 is 0. The molecule has 0 aliphatic heterocycles. The normalized spacial score (nSPS) is 14.1. The van der Waals surface area contributed by atoms with Gasteiger partial charge in [-0.2, -0.15) is 0 Å². The van der Waals surface area contributed by atoms with Gasteiger partial charge < -0.3 is 10.2 Å². The van der Waals surface area contributed by atoms with Crippen LogP contribution in [0.1, 0.15) is 36.6 Å². The topological polar surface area (TPSA) is 40.5 Å². The molecule has 0 fully saturated rings. The van der Waals surface area contributed by atoms with Crippen LogP contribution in [-0.4, -0.2) is 15.8 Å². The summed E-state index contributed by atoms with van der Waals surface area (Å²) in [6.45, 7) is 7.17. The molecule has 0 bridgehead atoms. The van der Waals surface area contributed by atoms with E-state index in [4.69, 9.17) is 0 Å². The molecule has 2 nitrogen and oxygen atoms in total. The lowest BCUT2D eigenvalue weighted by molar-refractivity contribution is -0.0497. The van der Waals surface area contributed by atoms with E-state index >= 15 is 0 Å². The third-order valence-electron chi connectivity index (χ3n) is 2.23. The molecule has 0 radical (unpaired) electrons. The van der Waals surface area contributed by atoms with Crippen LogP contribution in [0.2, 0.25) is 0 Å². The van der Waals surface area contributed by atoms with Crippen LogP contribution >= 0.6 is 0 Å². The van der Waals surface area contributed by atoms with Crippen molar-refractivity contribution in [3.05, 3.63) is 34.9 Å². The van der Waals surface area contributed by atoms with Crippen molar-refractivity contribution in [2.45, 2.75) is 39.4 Å². The minimum absolute atomic E-state index is 0.773. The molecule has 0 saturated carbocycles. The van der Waals surface area contributed by atoms with Crippen molar-refractivity contribution in [3.63, 3.8) is 0 Å². The molecule has 0 heterocycles. The van der Waals surface area contributed by atoms with Crippen LogP contribution in [0.25, 0.3) is 0 Å². The van der Waals surface area contributed by atoms with Gasteiger partial charge in [-0.3, -0.25) is 0 Å². The van der Waals surface area contributed by atoms with Crippen LogP contribution < -0.4 is 0 Å². The molecule has 0 amide bonds. The fourth-order valence-electron chi connectivity index (χ4n) is 1.58. The van der Waals surface area contributed by atoms with Gasteiger partial charge in [-0.15, -0.1) is 0 Å². The number of rotatable bonds is 2. The minimum Gasteiger partial charge on any atom is -0.387 e. The second-order valence-corrected chi connectivity index (χ2v) is 4.48. The molecule has 1 aromatic carbocycles. The molecule has 78 valence electrons. The summed E-state index contributed by atoms with van der Waals surface area (Å²) in [6, 6.07) is 5.84. The summed E-state index contributed by atoms with van der Waals surface area (Å²) in [4.78, 5) is 0. The van der Waals surface area contributed by atoms with E-state index in [1.165, 1.54) is 0 Å². The Morgan fingerprint density at radius 1 is 1.07 bits per heavy atom. The summed E-state index contributed by atoms with van der Waals surface area (Å²) in [5.74, 6) is 0. The monoisotopic (exact) mass is 194 g/mol. The Labute approximate surface area is 85.2 Å². The molecule has 0 aliphatic rings. The first kappa shape index (κ1) is 11.2. The summed E-state index contributed by atoms with van der Waals surface area (Å²) in [5.41, 5.74) is 1.88. The molecule has 0 aliphatic carbocycles. The maximum absolute atomic E-state index is 9.86. The summed E-state index contributed by atoms with van der Waals surface area (Å²) in [5, 5.41) is 19.5. The Balaban J connectivity index is 3.07. The van der Waals surface area contributed by atoms with E-state index in [2.05, 4.69) is 0 Å². The fourth-order valence-corrected chi connectivity index (χ4v) is 1.58. The molecule has 2 N–H and O–H groups in total. The Kier molecular flexibility index (Phi) is 2.98. The van der Waals surface area contributed by atoms with Crippen LogP contribution in [0.3, 0.4) is 0 Å². The van der Waals surface area contributed by atoms with Crippen LogP contribution in [0, 0.1) is 13.8 Å². The van der Waals surface area contributed by atoms with E-state index in [0.29, 0.717) is 0 Å². The van der Waals surface area contributed by atoms with Gasteiger partial charge in [0, 0.05) is 0 Å². The molecule has 2 heteroatoms. The SMILES string of the molecule is Cc1cc(C)cc(C(O)C(C)(C)O)c1. The third-order valence-corrected chi connectivity index (χ3v) is 2.23. The van der Waals surface area contributed by atoms with E-state index in [1.54, 1.807) is 13.8 Å². The van der Waals surface area contributed by atoms with Gasteiger partial charge in [0.1, 0.15) is 6.10 Å². The molecular formula is C12H18O2. The van der Waals surface area contributed by atoms with Gasteiger partial charge in [0.05, 0.1) is 5.60 Å². The lowest BCUT2D eigenvalue weighted by Crippen LogP contribution is -2.28. The predicted octanol–water partition coefficient (Wildman–Crippen LogP) is 2.11. The number of aliphatic hydroxyl groups is 2. The second-order valence-electron chi connectivity index (χ2n) is 4.48. The zero-order valence-corrected chi connectivity index (χ0v) is 9.20. The Bertz CT molecular complexity index is 303. The molecule has 14 heavy (non-hydrogen) atoms. The number of aryl methyl sites for hydroxylation is 2. The molecule has 0 spiro atoms. The van der Waals surface area contributed by atoms with Crippen LogP contribution in [0.5, 0.6) is 0 Å². The molecule has 1 rings (SSSR count). The van der Waals surface area contributed by atoms with E-state index in [9.17, 15) is 10.2 Å². The molecule has 1 atom stereocenters. The highest BCUT2D eigenvalue weighted by atomic mass is 16.3. The zero-order valence-electron chi connectivity index (χ0n) is 9.20. The standard InChI is InChI=1S/C12H18O2/c1-8-5-9(2)7-10(6-8)11(13)12(3,4)14/h5-7,11,13-14H,1-4H3. The van der Waals surface area contributed by atoms with Gasteiger partial charge in [-0.05, 0) is 33.3 Å². The number of hydrogen-bond donors (Lipinski definition) is 2. The first-order valence-corrected chi connectivity index (χ1v) is 4.79. The molecule has 1 unspecified atom stereocenters. The van der Waals surface area contributed by atoms with Crippen molar-refractivity contribution in [1.29, 1.82) is 0 Å². The lowest BCUT2D eigenvalue weighted by atomic mass is 9.93.